The van der Waals surface area contributed by atoms with Crippen LogP contribution >= 0.6 is 0 Å². The number of aliphatic hydroxyl groups is 2. The molecule has 1 aliphatic heterocycles. The number of aliphatic hydroxyl groups excluding tert-OH is 2. The summed E-state index contributed by atoms with van der Waals surface area (Å²) in [4.78, 5) is 2.10. The Balaban J connectivity index is 2.05. The number of hydrogen-bond donors (Lipinski definition) is 3. The van der Waals surface area contributed by atoms with Gasteiger partial charge in [-0.1, -0.05) is 0 Å². The highest BCUT2D eigenvalue weighted by Crippen LogP contribution is 2.09. The Kier molecular flexibility index (Phi) is 4.66. The van der Waals surface area contributed by atoms with Gasteiger partial charge in [-0.05, 0) is 26.4 Å². The van der Waals surface area contributed by atoms with Crippen molar-refractivity contribution in [3.8, 4) is 0 Å². The second-order valence-corrected chi connectivity index (χ2v) is 3.81. The van der Waals surface area contributed by atoms with Gasteiger partial charge >= 0.3 is 0 Å². The highest BCUT2D eigenvalue weighted by atomic mass is 16.3. The first-order valence-electron chi connectivity index (χ1n) is 4.93. The van der Waals surface area contributed by atoms with Crippen molar-refractivity contribution in [2.45, 2.75) is 25.0 Å². The molecule has 1 rings (SSSR count). The molecule has 3 N–H and O–H groups in total. The van der Waals surface area contributed by atoms with Crippen LogP contribution in [0.1, 0.15) is 12.8 Å². The number of nitrogens with zero attached hydrogens (tertiary/aromatic N) is 1. The molecule has 0 radical (unpaired) electrons. The van der Waals surface area contributed by atoms with Gasteiger partial charge in [0.25, 0.3) is 0 Å². The minimum atomic E-state index is -0.159. The fourth-order valence-corrected chi connectivity index (χ4v) is 1.68. The van der Waals surface area contributed by atoms with Gasteiger partial charge in [-0.2, -0.15) is 0 Å². The molecule has 1 heterocycles. The summed E-state index contributed by atoms with van der Waals surface area (Å²) in [6, 6.07) is 0.455. The van der Waals surface area contributed by atoms with Crippen LogP contribution in [0.5, 0.6) is 0 Å². The summed E-state index contributed by atoms with van der Waals surface area (Å²) in [7, 11) is 2.00. The number of nitrogens with one attached hydrogen (secondary N) is 1. The van der Waals surface area contributed by atoms with Crippen molar-refractivity contribution in [2.24, 2.45) is 0 Å². The predicted molar refractivity (Wildman–Crippen MR) is 51.6 cm³/mol. The third-order valence-electron chi connectivity index (χ3n) is 2.54. The van der Waals surface area contributed by atoms with Crippen molar-refractivity contribution in [2.75, 3.05) is 33.3 Å². The van der Waals surface area contributed by atoms with E-state index in [4.69, 9.17) is 5.11 Å². The molecule has 0 spiro atoms. The van der Waals surface area contributed by atoms with E-state index in [2.05, 4.69) is 10.2 Å². The van der Waals surface area contributed by atoms with Crippen molar-refractivity contribution < 1.29 is 10.2 Å². The van der Waals surface area contributed by atoms with E-state index in [1.54, 1.807) is 0 Å². The molecule has 0 aromatic carbocycles. The Morgan fingerprint density at radius 1 is 1.46 bits per heavy atom. The van der Waals surface area contributed by atoms with Crippen LogP contribution in [0.4, 0.5) is 0 Å². The number of rotatable bonds is 5. The first-order valence-corrected chi connectivity index (χ1v) is 4.93. The molecule has 0 amide bonds. The molecule has 4 heteroatoms. The monoisotopic (exact) mass is 188 g/mol. The van der Waals surface area contributed by atoms with E-state index in [1.807, 2.05) is 7.05 Å². The molecule has 78 valence electrons. The van der Waals surface area contributed by atoms with Crippen molar-refractivity contribution in [1.29, 1.82) is 0 Å². The van der Waals surface area contributed by atoms with Crippen molar-refractivity contribution >= 4 is 0 Å². The van der Waals surface area contributed by atoms with Crippen molar-refractivity contribution in [3.63, 3.8) is 0 Å². The molecule has 1 fully saturated rings. The van der Waals surface area contributed by atoms with Gasteiger partial charge in [-0.15, -0.1) is 0 Å². The molecule has 0 saturated carbocycles. The number of likely N-dealkylation sites (N-methyl/N-ethyl adjacent to an activating group) is 1. The fraction of sp³-hybridized carbons (Fsp3) is 1.00. The van der Waals surface area contributed by atoms with Gasteiger partial charge in [0.1, 0.15) is 0 Å². The van der Waals surface area contributed by atoms with E-state index < -0.39 is 0 Å². The summed E-state index contributed by atoms with van der Waals surface area (Å²) < 4.78 is 0. The zero-order valence-corrected chi connectivity index (χ0v) is 8.24. The van der Waals surface area contributed by atoms with Crippen LogP contribution < -0.4 is 5.32 Å². The summed E-state index contributed by atoms with van der Waals surface area (Å²) >= 11 is 0. The van der Waals surface area contributed by atoms with E-state index in [9.17, 15) is 5.11 Å². The summed E-state index contributed by atoms with van der Waals surface area (Å²) in [5.74, 6) is 0. The molecule has 2 unspecified atom stereocenters. The lowest BCUT2D eigenvalue weighted by Crippen LogP contribution is -2.29. The summed E-state index contributed by atoms with van der Waals surface area (Å²) in [5.41, 5.74) is 0. The highest BCUT2D eigenvalue weighted by Gasteiger charge is 2.21. The third kappa shape index (κ3) is 4.04. The topological polar surface area (TPSA) is 55.7 Å². The van der Waals surface area contributed by atoms with Crippen LogP contribution in [0.2, 0.25) is 0 Å². The lowest BCUT2D eigenvalue weighted by Gasteiger charge is -2.17. The van der Waals surface area contributed by atoms with Crippen LogP contribution in [0, 0.1) is 0 Å². The maximum Gasteiger partial charge on any atom is 0.0679 e. The molecule has 2 atom stereocenters. The Bertz CT molecular complexity index is 144. The molecule has 1 saturated heterocycles. The van der Waals surface area contributed by atoms with Crippen LogP contribution in [-0.4, -0.2) is 60.5 Å². The Morgan fingerprint density at radius 2 is 2.23 bits per heavy atom. The fourth-order valence-electron chi connectivity index (χ4n) is 1.68. The van der Waals surface area contributed by atoms with Gasteiger partial charge < -0.3 is 20.4 Å². The van der Waals surface area contributed by atoms with Gasteiger partial charge in [0, 0.05) is 19.1 Å². The predicted octanol–water partition coefficient (Wildman–Crippen LogP) is -0.977. The van der Waals surface area contributed by atoms with Gasteiger partial charge in [0.15, 0.2) is 0 Å². The van der Waals surface area contributed by atoms with Crippen LogP contribution in [0.3, 0.4) is 0 Å². The third-order valence-corrected chi connectivity index (χ3v) is 2.54. The number of hydrogen-bond acceptors (Lipinski definition) is 4. The van der Waals surface area contributed by atoms with Crippen LogP contribution in [-0.2, 0) is 0 Å². The quantitative estimate of drug-likeness (QED) is 0.519. The standard InChI is InChI=1S/C9H20N2O2/c1-11(4-5-12)3-2-8-6-9(13)7-10-8/h8-10,12-13H,2-7H2,1H3. The van der Waals surface area contributed by atoms with Crippen molar-refractivity contribution in [3.05, 3.63) is 0 Å². The molecule has 4 nitrogen and oxygen atoms in total. The van der Waals surface area contributed by atoms with E-state index in [-0.39, 0.29) is 12.7 Å². The van der Waals surface area contributed by atoms with E-state index >= 15 is 0 Å². The molecule has 0 aromatic rings. The Morgan fingerprint density at radius 3 is 2.77 bits per heavy atom. The molecule has 1 aliphatic rings. The average Bonchev–Trinajstić information content (AvgIpc) is 2.49. The summed E-state index contributed by atoms with van der Waals surface area (Å²) in [6.07, 6.45) is 1.76. The van der Waals surface area contributed by atoms with Gasteiger partial charge in [0.05, 0.1) is 12.7 Å². The second-order valence-electron chi connectivity index (χ2n) is 3.81. The van der Waals surface area contributed by atoms with Crippen LogP contribution in [0.15, 0.2) is 0 Å². The SMILES string of the molecule is CN(CCO)CCC1CC(O)CN1. The van der Waals surface area contributed by atoms with Gasteiger partial charge in [0.2, 0.25) is 0 Å². The zero-order chi connectivity index (χ0) is 9.68. The van der Waals surface area contributed by atoms with E-state index in [0.29, 0.717) is 6.04 Å². The normalized spacial score (nSPS) is 28.6. The number of β-amino-alcohol motifs (C(OH)–C–C–N with tert-alkyl or cyclic N) is 1. The van der Waals surface area contributed by atoms with Gasteiger partial charge in [-0.25, -0.2) is 0 Å². The highest BCUT2D eigenvalue weighted by molar-refractivity contribution is 4.81. The molecular formula is C9H20N2O2. The minimum absolute atomic E-state index is 0.159. The molecule has 0 bridgehead atoms. The lowest BCUT2D eigenvalue weighted by molar-refractivity contribution is 0.189. The van der Waals surface area contributed by atoms with E-state index in [0.717, 1.165) is 32.5 Å². The molecule has 0 aliphatic carbocycles. The smallest absolute Gasteiger partial charge is 0.0679 e. The first-order chi connectivity index (χ1) is 6.22. The molecular weight excluding hydrogens is 168 g/mol. The maximum absolute atomic E-state index is 9.25. The first kappa shape index (κ1) is 10.9. The minimum Gasteiger partial charge on any atom is -0.395 e. The van der Waals surface area contributed by atoms with Crippen LogP contribution in [0.25, 0.3) is 0 Å². The lowest BCUT2D eigenvalue weighted by atomic mass is 10.1. The average molecular weight is 188 g/mol. The zero-order valence-electron chi connectivity index (χ0n) is 8.24. The Hall–Kier alpha value is -0.160. The van der Waals surface area contributed by atoms with E-state index in [1.165, 1.54) is 0 Å². The van der Waals surface area contributed by atoms with Gasteiger partial charge in [-0.3, -0.25) is 0 Å². The van der Waals surface area contributed by atoms with Crippen molar-refractivity contribution in [1.82, 2.24) is 10.2 Å². The Labute approximate surface area is 79.6 Å². The maximum atomic E-state index is 9.25. The largest absolute Gasteiger partial charge is 0.395 e. The molecule has 0 aromatic heterocycles. The second kappa shape index (κ2) is 5.54. The summed E-state index contributed by atoms with van der Waals surface area (Å²) in [6.45, 7) is 2.66. The summed E-state index contributed by atoms with van der Waals surface area (Å²) in [5, 5.41) is 21.2. The molecule has 13 heavy (non-hydrogen) atoms.